The van der Waals surface area contributed by atoms with E-state index in [-0.39, 0.29) is 6.04 Å². The van der Waals surface area contributed by atoms with Crippen LogP contribution in [0.25, 0.3) is 0 Å². The molecule has 0 saturated heterocycles. The standard InChI is InChI=1S/C8H14N2OS/c1-3-9-6(2)7(11)8-10-4-5-12-8/h4-7,9,11H,3H2,1-2H3. The first-order chi connectivity index (χ1) is 5.75. The van der Waals surface area contributed by atoms with E-state index in [4.69, 9.17) is 0 Å². The van der Waals surface area contributed by atoms with Gasteiger partial charge in [-0.1, -0.05) is 6.92 Å². The van der Waals surface area contributed by atoms with E-state index in [2.05, 4.69) is 10.3 Å². The van der Waals surface area contributed by atoms with Gasteiger partial charge in [0.05, 0.1) is 0 Å². The molecule has 0 aliphatic rings. The van der Waals surface area contributed by atoms with Crippen LogP contribution in [0.1, 0.15) is 25.0 Å². The van der Waals surface area contributed by atoms with E-state index in [0.717, 1.165) is 11.6 Å². The summed E-state index contributed by atoms with van der Waals surface area (Å²) in [5.41, 5.74) is 0. The Labute approximate surface area is 76.5 Å². The number of aromatic nitrogens is 1. The fourth-order valence-electron chi connectivity index (χ4n) is 1.03. The average molecular weight is 186 g/mol. The molecule has 2 N–H and O–H groups in total. The van der Waals surface area contributed by atoms with Gasteiger partial charge in [0, 0.05) is 17.6 Å². The third-order valence-corrected chi connectivity index (χ3v) is 2.55. The van der Waals surface area contributed by atoms with Crippen molar-refractivity contribution in [1.82, 2.24) is 10.3 Å². The molecule has 1 rings (SSSR count). The lowest BCUT2D eigenvalue weighted by Gasteiger charge is -2.16. The molecule has 0 bridgehead atoms. The monoisotopic (exact) mass is 186 g/mol. The van der Waals surface area contributed by atoms with E-state index in [1.165, 1.54) is 11.3 Å². The number of rotatable bonds is 4. The van der Waals surface area contributed by atoms with Crippen LogP contribution >= 0.6 is 11.3 Å². The maximum Gasteiger partial charge on any atom is 0.123 e. The molecule has 0 aliphatic carbocycles. The van der Waals surface area contributed by atoms with Crippen molar-refractivity contribution in [2.45, 2.75) is 26.0 Å². The Morgan fingerprint density at radius 1 is 1.75 bits per heavy atom. The van der Waals surface area contributed by atoms with E-state index in [1.54, 1.807) is 6.20 Å². The summed E-state index contributed by atoms with van der Waals surface area (Å²) in [5, 5.41) is 15.5. The molecule has 4 heteroatoms. The zero-order valence-corrected chi connectivity index (χ0v) is 8.14. The van der Waals surface area contributed by atoms with E-state index >= 15 is 0 Å². The maximum atomic E-state index is 9.69. The summed E-state index contributed by atoms with van der Waals surface area (Å²) in [4.78, 5) is 4.05. The predicted molar refractivity (Wildman–Crippen MR) is 50.2 cm³/mol. The van der Waals surface area contributed by atoms with Crippen LogP contribution in [0.5, 0.6) is 0 Å². The average Bonchev–Trinajstić information content (AvgIpc) is 2.55. The van der Waals surface area contributed by atoms with Crippen LogP contribution in [-0.4, -0.2) is 22.7 Å². The molecular formula is C8H14N2OS. The summed E-state index contributed by atoms with van der Waals surface area (Å²) in [7, 11) is 0. The molecule has 0 radical (unpaired) electrons. The van der Waals surface area contributed by atoms with E-state index < -0.39 is 6.10 Å². The highest BCUT2D eigenvalue weighted by molar-refractivity contribution is 7.09. The van der Waals surface area contributed by atoms with Crippen molar-refractivity contribution >= 4 is 11.3 Å². The first-order valence-electron chi connectivity index (χ1n) is 4.06. The zero-order valence-electron chi connectivity index (χ0n) is 7.32. The van der Waals surface area contributed by atoms with Crippen molar-refractivity contribution in [3.8, 4) is 0 Å². The molecule has 0 aliphatic heterocycles. The summed E-state index contributed by atoms with van der Waals surface area (Å²) in [5.74, 6) is 0. The third-order valence-electron chi connectivity index (χ3n) is 1.70. The largest absolute Gasteiger partial charge is 0.384 e. The quantitative estimate of drug-likeness (QED) is 0.742. The lowest BCUT2D eigenvalue weighted by molar-refractivity contribution is 0.137. The second-order valence-corrected chi connectivity index (χ2v) is 3.59. The lowest BCUT2D eigenvalue weighted by atomic mass is 10.2. The molecule has 1 aromatic rings. The normalized spacial score (nSPS) is 15.9. The van der Waals surface area contributed by atoms with E-state index in [9.17, 15) is 5.11 Å². The van der Waals surface area contributed by atoms with Crippen LogP contribution in [0.2, 0.25) is 0 Å². The minimum absolute atomic E-state index is 0.0705. The third kappa shape index (κ3) is 2.27. The minimum Gasteiger partial charge on any atom is -0.384 e. The molecule has 68 valence electrons. The van der Waals surface area contributed by atoms with Gasteiger partial charge in [0.1, 0.15) is 11.1 Å². The van der Waals surface area contributed by atoms with Gasteiger partial charge in [-0.3, -0.25) is 0 Å². The Balaban J connectivity index is 2.53. The fraction of sp³-hybridized carbons (Fsp3) is 0.625. The SMILES string of the molecule is CCNC(C)C(O)c1nccs1. The highest BCUT2D eigenvalue weighted by Gasteiger charge is 2.16. The van der Waals surface area contributed by atoms with Gasteiger partial charge in [0.25, 0.3) is 0 Å². The van der Waals surface area contributed by atoms with Crippen LogP contribution in [0.15, 0.2) is 11.6 Å². The van der Waals surface area contributed by atoms with E-state index in [1.807, 2.05) is 19.2 Å². The molecule has 0 saturated carbocycles. The van der Waals surface area contributed by atoms with Crippen molar-refractivity contribution in [2.24, 2.45) is 0 Å². The first kappa shape index (κ1) is 9.64. The van der Waals surface area contributed by atoms with Crippen molar-refractivity contribution in [2.75, 3.05) is 6.54 Å². The number of nitrogens with one attached hydrogen (secondary N) is 1. The number of likely N-dealkylation sites (N-methyl/N-ethyl adjacent to an activating group) is 1. The second-order valence-electron chi connectivity index (χ2n) is 2.66. The van der Waals surface area contributed by atoms with Gasteiger partial charge in [0.2, 0.25) is 0 Å². The molecule has 0 aromatic carbocycles. The van der Waals surface area contributed by atoms with Crippen molar-refractivity contribution in [3.63, 3.8) is 0 Å². The summed E-state index contributed by atoms with van der Waals surface area (Å²) in [6, 6.07) is 0.0705. The summed E-state index contributed by atoms with van der Waals surface area (Å²) >= 11 is 1.48. The first-order valence-corrected chi connectivity index (χ1v) is 4.94. The van der Waals surface area contributed by atoms with Crippen LogP contribution in [-0.2, 0) is 0 Å². The molecule has 1 heterocycles. The highest BCUT2D eigenvalue weighted by Crippen LogP contribution is 2.18. The molecule has 1 aromatic heterocycles. The molecule has 2 unspecified atom stereocenters. The molecule has 0 amide bonds. The fourth-order valence-corrected chi connectivity index (χ4v) is 1.75. The number of thiazole rings is 1. The Morgan fingerprint density at radius 3 is 3.00 bits per heavy atom. The zero-order chi connectivity index (χ0) is 8.97. The highest BCUT2D eigenvalue weighted by atomic mass is 32.1. The van der Waals surface area contributed by atoms with Crippen LogP contribution in [0.3, 0.4) is 0 Å². The molecular weight excluding hydrogens is 172 g/mol. The van der Waals surface area contributed by atoms with Crippen LogP contribution in [0, 0.1) is 0 Å². The van der Waals surface area contributed by atoms with Crippen molar-refractivity contribution < 1.29 is 5.11 Å². The lowest BCUT2D eigenvalue weighted by Crippen LogP contribution is -2.31. The van der Waals surface area contributed by atoms with Gasteiger partial charge in [-0.2, -0.15) is 0 Å². The van der Waals surface area contributed by atoms with Gasteiger partial charge < -0.3 is 10.4 Å². The Hall–Kier alpha value is -0.450. The Kier molecular flexibility index (Phi) is 3.65. The van der Waals surface area contributed by atoms with Gasteiger partial charge >= 0.3 is 0 Å². The topological polar surface area (TPSA) is 45.1 Å². The number of aliphatic hydroxyl groups is 1. The Bertz CT molecular complexity index is 213. The van der Waals surface area contributed by atoms with E-state index in [0.29, 0.717) is 0 Å². The minimum atomic E-state index is -0.482. The predicted octanol–water partition coefficient (Wildman–Crippen LogP) is 1.17. The molecule has 3 nitrogen and oxygen atoms in total. The van der Waals surface area contributed by atoms with Gasteiger partial charge in [-0.25, -0.2) is 4.98 Å². The molecule has 12 heavy (non-hydrogen) atoms. The molecule has 0 spiro atoms. The van der Waals surface area contributed by atoms with Crippen LogP contribution in [0.4, 0.5) is 0 Å². The number of nitrogens with zero attached hydrogens (tertiary/aromatic N) is 1. The second kappa shape index (κ2) is 4.54. The summed E-state index contributed by atoms with van der Waals surface area (Å²) in [6.07, 6.45) is 1.23. The number of hydrogen-bond donors (Lipinski definition) is 2. The molecule has 0 fully saturated rings. The van der Waals surface area contributed by atoms with Gasteiger partial charge in [-0.15, -0.1) is 11.3 Å². The number of hydrogen-bond acceptors (Lipinski definition) is 4. The maximum absolute atomic E-state index is 9.69. The van der Waals surface area contributed by atoms with Crippen LogP contribution < -0.4 is 5.32 Å². The van der Waals surface area contributed by atoms with Gasteiger partial charge in [-0.05, 0) is 13.5 Å². The number of aliphatic hydroxyl groups excluding tert-OH is 1. The van der Waals surface area contributed by atoms with Crippen molar-refractivity contribution in [1.29, 1.82) is 0 Å². The molecule has 2 atom stereocenters. The summed E-state index contributed by atoms with van der Waals surface area (Å²) in [6.45, 7) is 4.84. The summed E-state index contributed by atoms with van der Waals surface area (Å²) < 4.78 is 0. The Morgan fingerprint density at radius 2 is 2.50 bits per heavy atom. The van der Waals surface area contributed by atoms with Crippen molar-refractivity contribution in [3.05, 3.63) is 16.6 Å². The van der Waals surface area contributed by atoms with Gasteiger partial charge in [0.15, 0.2) is 0 Å². The smallest absolute Gasteiger partial charge is 0.123 e.